The molecule has 0 bridgehead atoms. The van der Waals surface area contributed by atoms with Gasteiger partial charge in [-0.05, 0) is 45.6 Å². The summed E-state index contributed by atoms with van der Waals surface area (Å²) in [7, 11) is 0. The van der Waals surface area contributed by atoms with Crippen LogP contribution in [0.3, 0.4) is 0 Å². The Morgan fingerprint density at radius 1 is 1.43 bits per heavy atom. The van der Waals surface area contributed by atoms with Gasteiger partial charge in [0.05, 0.1) is 5.41 Å². The van der Waals surface area contributed by atoms with E-state index in [9.17, 15) is 9.18 Å². The second-order valence-electron chi connectivity index (χ2n) is 6.62. The number of amides is 1. The number of hydrogen-bond acceptors (Lipinski definition) is 2. The SMILES string of the molecule is CC(N)C1CCCN(C(=O)C(C)(C)c2ccccc2F)C1. The van der Waals surface area contributed by atoms with Crippen LogP contribution >= 0.6 is 0 Å². The Bertz CT molecular complexity index is 513. The van der Waals surface area contributed by atoms with Gasteiger partial charge in [0.1, 0.15) is 5.82 Å². The molecular weight excluding hydrogens is 267 g/mol. The maximum absolute atomic E-state index is 14.0. The molecule has 0 aliphatic carbocycles. The number of halogens is 1. The lowest BCUT2D eigenvalue weighted by Gasteiger charge is -2.39. The fourth-order valence-electron chi connectivity index (χ4n) is 3.10. The molecule has 2 unspecified atom stereocenters. The summed E-state index contributed by atoms with van der Waals surface area (Å²) in [5.74, 6) is -0.00586. The van der Waals surface area contributed by atoms with Crippen molar-refractivity contribution >= 4 is 5.91 Å². The maximum Gasteiger partial charge on any atom is 0.232 e. The van der Waals surface area contributed by atoms with E-state index >= 15 is 0 Å². The van der Waals surface area contributed by atoms with Crippen molar-refractivity contribution in [2.75, 3.05) is 13.1 Å². The van der Waals surface area contributed by atoms with Crippen molar-refractivity contribution in [3.8, 4) is 0 Å². The third-order valence-corrected chi connectivity index (χ3v) is 4.57. The zero-order valence-electron chi connectivity index (χ0n) is 13.1. The molecule has 3 nitrogen and oxygen atoms in total. The van der Waals surface area contributed by atoms with Gasteiger partial charge in [-0.15, -0.1) is 0 Å². The van der Waals surface area contributed by atoms with E-state index in [4.69, 9.17) is 5.73 Å². The van der Waals surface area contributed by atoms with Gasteiger partial charge in [0.2, 0.25) is 5.91 Å². The van der Waals surface area contributed by atoms with E-state index < -0.39 is 5.41 Å². The van der Waals surface area contributed by atoms with E-state index in [-0.39, 0.29) is 17.8 Å². The molecule has 0 saturated carbocycles. The molecule has 1 aliphatic heterocycles. The number of nitrogens with zero attached hydrogens (tertiary/aromatic N) is 1. The average Bonchev–Trinajstić information content (AvgIpc) is 2.46. The van der Waals surface area contributed by atoms with Crippen LogP contribution in [0.5, 0.6) is 0 Å². The van der Waals surface area contributed by atoms with Crippen molar-refractivity contribution in [1.82, 2.24) is 4.90 Å². The highest BCUT2D eigenvalue weighted by atomic mass is 19.1. The van der Waals surface area contributed by atoms with Crippen molar-refractivity contribution in [2.45, 2.75) is 45.1 Å². The molecule has 21 heavy (non-hydrogen) atoms. The summed E-state index contributed by atoms with van der Waals surface area (Å²) in [6.45, 7) is 6.99. The van der Waals surface area contributed by atoms with E-state index in [2.05, 4.69) is 0 Å². The molecule has 2 atom stereocenters. The van der Waals surface area contributed by atoms with E-state index in [1.54, 1.807) is 32.0 Å². The second-order valence-corrected chi connectivity index (χ2v) is 6.62. The van der Waals surface area contributed by atoms with Crippen LogP contribution in [0.2, 0.25) is 0 Å². The highest BCUT2D eigenvalue weighted by molar-refractivity contribution is 5.87. The first-order valence-electron chi connectivity index (χ1n) is 7.64. The number of benzene rings is 1. The van der Waals surface area contributed by atoms with Gasteiger partial charge in [0.25, 0.3) is 0 Å². The van der Waals surface area contributed by atoms with E-state index in [0.717, 1.165) is 19.4 Å². The highest BCUT2D eigenvalue weighted by Gasteiger charge is 2.37. The Hall–Kier alpha value is -1.42. The van der Waals surface area contributed by atoms with Crippen molar-refractivity contribution < 1.29 is 9.18 Å². The standard InChI is InChI=1S/C17H25FN2O/c1-12(19)13-7-6-10-20(11-13)16(21)17(2,3)14-8-4-5-9-15(14)18/h4-5,8-9,12-13H,6-7,10-11,19H2,1-3H3. The molecule has 0 aromatic heterocycles. The Morgan fingerprint density at radius 2 is 2.10 bits per heavy atom. The maximum atomic E-state index is 14.0. The molecule has 116 valence electrons. The van der Waals surface area contributed by atoms with Crippen LogP contribution in [0.15, 0.2) is 24.3 Å². The van der Waals surface area contributed by atoms with Crippen molar-refractivity contribution in [3.63, 3.8) is 0 Å². The molecule has 1 heterocycles. The molecule has 1 aliphatic rings. The van der Waals surface area contributed by atoms with Crippen molar-refractivity contribution in [3.05, 3.63) is 35.6 Å². The lowest BCUT2D eigenvalue weighted by molar-refractivity contribution is -0.138. The van der Waals surface area contributed by atoms with Gasteiger partial charge < -0.3 is 10.6 Å². The molecule has 1 fully saturated rings. The number of carbonyl (C=O) groups excluding carboxylic acids is 1. The summed E-state index contributed by atoms with van der Waals surface area (Å²) >= 11 is 0. The van der Waals surface area contributed by atoms with Gasteiger partial charge in [-0.2, -0.15) is 0 Å². The molecule has 1 saturated heterocycles. The van der Waals surface area contributed by atoms with Gasteiger partial charge in [0.15, 0.2) is 0 Å². The van der Waals surface area contributed by atoms with Crippen LogP contribution in [0, 0.1) is 11.7 Å². The fourth-order valence-corrected chi connectivity index (χ4v) is 3.10. The predicted molar refractivity (Wildman–Crippen MR) is 82.4 cm³/mol. The number of piperidine rings is 1. The molecule has 1 aromatic carbocycles. The number of carbonyl (C=O) groups is 1. The average molecular weight is 292 g/mol. The van der Waals surface area contributed by atoms with Crippen LogP contribution in [0.1, 0.15) is 39.2 Å². The predicted octanol–water partition coefficient (Wildman–Crippen LogP) is 2.69. The fraction of sp³-hybridized carbons (Fsp3) is 0.588. The molecule has 2 N–H and O–H groups in total. The number of rotatable bonds is 3. The monoisotopic (exact) mass is 292 g/mol. The van der Waals surface area contributed by atoms with Crippen LogP contribution in [-0.4, -0.2) is 29.9 Å². The first-order valence-corrected chi connectivity index (χ1v) is 7.64. The third kappa shape index (κ3) is 3.26. The van der Waals surface area contributed by atoms with Gasteiger partial charge in [0, 0.05) is 24.7 Å². The van der Waals surface area contributed by atoms with Gasteiger partial charge in [-0.3, -0.25) is 4.79 Å². The molecule has 1 amide bonds. The van der Waals surface area contributed by atoms with Gasteiger partial charge in [-0.1, -0.05) is 18.2 Å². The first kappa shape index (κ1) is 16.0. The van der Waals surface area contributed by atoms with Crippen LogP contribution in [0.25, 0.3) is 0 Å². The molecule has 0 spiro atoms. The summed E-state index contributed by atoms with van der Waals surface area (Å²) in [4.78, 5) is 14.7. The lowest BCUT2D eigenvalue weighted by Crippen LogP contribution is -2.50. The van der Waals surface area contributed by atoms with Gasteiger partial charge in [-0.25, -0.2) is 4.39 Å². The smallest absolute Gasteiger partial charge is 0.232 e. The summed E-state index contributed by atoms with van der Waals surface area (Å²) in [6, 6.07) is 6.60. The Morgan fingerprint density at radius 3 is 2.71 bits per heavy atom. The van der Waals surface area contributed by atoms with Crippen LogP contribution < -0.4 is 5.73 Å². The number of likely N-dealkylation sites (tertiary alicyclic amines) is 1. The minimum Gasteiger partial charge on any atom is -0.342 e. The zero-order valence-corrected chi connectivity index (χ0v) is 13.1. The van der Waals surface area contributed by atoms with Crippen molar-refractivity contribution in [1.29, 1.82) is 0 Å². The van der Waals surface area contributed by atoms with E-state index in [0.29, 0.717) is 18.0 Å². The van der Waals surface area contributed by atoms with E-state index in [1.807, 2.05) is 11.8 Å². The third-order valence-electron chi connectivity index (χ3n) is 4.57. The highest BCUT2D eigenvalue weighted by Crippen LogP contribution is 2.30. The molecule has 1 aromatic rings. The molecule has 0 radical (unpaired) electrons. The summed E-state index contributed by atoms with van der Waals surface area (Å²) in [6.07, 6.45) is 2.02. The number of nitrogens with two attached hydrogens (primary N) is 1. The zero-order chi connectivity index (χ0) is 15.6. The molecule has 2 rings (SSSR count). The summed E-state index contributed by atoms with van der Waals surface area (Å²) in [5.41, 5.74) is 5.58. The number of hydrogen-bond donors (Lipinski definition) is 1. The van der Waals surface area contributed by atoms with Crippen molar-refractivity contribution in [2.24, 2.45) is 11.7 Å². The molecular formula is C17H25FN2O. The Kier molecular flexibility index (Phi) is 4.67. The Labute approximate surface area is 126 Å². The topological polar surface area (TPSA) is 46.3 Å². The summed E-state index contributed by atoms with van der Waals surface area (Å²) < 4.78 is 14.0. The minimum absolute atomic E-state index is 0.0158. The first-order chi connectivity index (χ1) is 9.84. The normalized spacial score (nSPS) is 21.2. The van der Waals surface area contributed by atoms with E-state index in [1.165, 1.54) is 6.07 Å². The minimum atomic E-state index is -0.856. The van der Waals surface area contributed by atoms with Crippen LogP contribution in [0.4, 0.5) is 4.39 Å². The van der Waals surface area contributed by atoms with Gasteiger partial charge >= 0.3 is 0 Å². The Balaban J connectivity index is 2.20. The second kappa shape index (κ2) is 6.14. The largest absolute Gasteiger partial charge is 0.342 e. The molecule has 4 heteroatoms. The quantitative estimate of drug-likeness (QED) is 0.931. The summed E-state index contributed by atoms with van der Waals surface area (Å²) in [5, 5.41) is 0. The van der Waals surface area contributed by atoms with Crippen LogP contribution in [-0.2, 0) is 10.2 Å². The lowest BCUT2D eigenvalue weighted by atomic mass is 9.81.